The van der Waals surface area contributed by atoms with Gasteiger partial charge in [-0.15, -0.1) is 0 Å². The molecule has 2 saturated heterocycles. The van der Waals surface area contributed by atoms with E-state index in [1.54, 1.807) is 25.7 Å². The second-order valence-electron chi connectivity index (χ2n) is 17.9. The highest BCUT2D eigenvalue weighted by atomic mass is 16.6. The van der Waals surface area contributed by atoms with Gasteiger partial charge >= 0.3 is 18.2 Å². The summed E-state index contributed by atoms with van der Waals surface area (Å²) in [6, 6.07) is 9.22. The first-order chi connectivity index (χ1) is 26.1. The molecule has 0 radical (unpaired) electrons. The molecule has 0 spiro atoms. The van der Waals surface area contributed by atoms with E-state index in [0.717, 1.165) is 5.56 Å². The van der Waals surface area contributed by atoms with Crippen LogP contribution in [-0.4, -0.2) is 98.3 Å². The maximum absolute atomic E-state index is 14.2. The Morgan fingerprint density at radius 1 is 0.964 bits per heavy atom. The molecule has 56 heavy (non-hydrogen) atoms. The Morgan fingerprint density at radius 3 is 2.20 bits per heavy atom. The molecule has 5 N–H and O–H groups in total. The molecule has 14 heteroatoms. The molecule has 4 atom stereocenters. The fourth-order valence-electron chi connectivity index (χ4n) is 7.67. The smallest absolute Gasteiger partial charge is 0.408 e. The van der Waals surface area contributed by atoms with E-state index in [-0.39, 0.29) is 36.9 Å². The molecule has 2 fully saturated rings. The average molecular weight is 786 g/mol. The van der Waals surface area contributed by atoms with Crippen molar-refractivity contribution in [3.63, 3.8) is 0 Å². The van der Waals surface area contributed by atoms with Gasteiger partial charge in [0.25, 0.3) is 0 Å². The lowest BCUT2D eigenvalue weighted by molar-refractivity contribution is -0.256. The zero-order valence-electron chi connectivity index (χ0n) is 34.9. The minimum Gasteiger partial charge on any atom is -0.481 e. The van der Waals surface area contributed by atoms with Crippen LogP contribution in [0.1, 0.15) is 119 Å². The van der Waals surface area contributed by atoms with Crippen LogP contribution in [0.4, 0.5) is 9.59 Å². The van der Waals surface area contributed by atoms with Gasteiger partial charge in [0.15, 0.2) is 0 Å². The minimum atomic E-state index is -1.33. The predicted molar refractivity (Wildman–Crippen MR) is 213 cm³/mol. The van der Waals surface area contributed by atoms with E-state index >= 15 is 0 Å². The van der Waals surface area contributed by atoms with Gasteiger partial charge in [0.1, 0.15) is 23.8 Å². The number of carbonyl (C=O) groups is 5. The van der Waals surface area contributed by atoms with Gasteiger partial charge in [-0.3, -0.25) is 14.4 Å². The molecular formula is C42H67N5O9. The summed E-state index contributed by atoms with van der Waals surface area (Å²) in [6.07, 6.45) is 5.42. The van der Waals surface area contributed by atoms with E-state index in [4.69, 9.17) is 9.47 Å². The number of hydrogen-bond donors (Lipinski definition) is 5. The summed E-state index contributed by atoms with van der Waals surface area (Å²) >= 11 is 0. The first kappa shape index (κ1) is 46.2. The van der Waals surface area contributed by atoms with Crippen molar-refractivity contribution in [1.29, 1.82) is 0 Å². The van der Waals surface area contributed by atoms with Crippen LogP contribution in [0.15, 0.2) is 42.5 Å². The molecule has 1 aromatic rings. The highest BCUT2D eigenvalue weighted by Gasteiger charge is 2.46. The Balaban J connectivity index is 1.61. The number of unbranched alkanes of at least 4 members (excludes halogenated alkanes) is 1. The molecular weight excluding hydrogens is 718 g/mol. The summed E-state index contributed by atoms with van der Waals surface area (Å²) in [7, 11) is 0. The number of carbonyl (C=O) groups excluding carboxylic acids is 4. The number of carboxylic acids is 1. The van der Waals surface area contributed by atoms with Crippen molar-refractivity contribution >= 4 is 30.0 Å². The van der Waals surface area contributed by atoms with E-state index in [9.17, 15) is 34.3 Å². The van der Waals surface area contributed by atoms with Crippen molar-refractivity contribution in [3.8, 4) is 0 Å². The Kier molecular flexibility index (Phi) is 16.8. The van der Waals surface area contributed by atoms with Crippen LogP contribution in [0.5, 0.6) is 0 Å². The van der Waals surface area contributed by atoms with Gasteiger partial charge in [-0.2, -0.15) is 5.06 Å². The third kappa shape index (κ3) is 14.7. The number of aliphatic carboxylic acids is 1. The molecule has 2 heterocycles. The van der Waals surface area contributed by atoms with Crippen LogP contribution in [-0.2, 0) is 30.3 Å². The molecule has 2 aliphatic rings. The first-order valence-corrected chi connectivity index (χ1v) is 20.1. The van der Waals surface area contributed by atoms with Gasteiger partial charge in [-0.1, -0.05) is 62.8 Å². The highest BCUT2D eigenvalue weighted by molar-refractivity contribution is 5.97. The summed E-state index contributed by atoms with van der Waals surface area (Å²) in [6.45, 7) is 17.7. The zero-order valence-corrected chi connectivity index (χ0v) is 34.9. The van der Waals surface area contributed by atoms with E-state index in [1.165, 1.54) is 5.06 Å². The van der Waals surface area contributed by atoms with Gasteiger partial charge in [0, 0.05) is 37.0 Å². The summed E-state index contributed by atoms with van der Waals surface area (Å²) in [5, 5.41) is 30.3. The second-order valence-corrected chi connectivity index (χ2v) is 17.9. The van der Waals surface area contributed by atoms with E-state index < -0.39 is 58.7 Å². The summed E-state index contributed by atoms with van der Waals surface area (Å²) < 4.78 is 11.1. The number of nitrogens with one attached hydrogen (secondary N) is 3. The lowest BCUT2D eigenvalue weighted by Gasteiger charge is -2.50. The molecule has 0 saturated carbocycles. The summed E-state index contributed by atoms with van der Waals surface area (Å²) in [4.78, 5) is 66.7. The fraction of sp³-hybridized carbons (Fsp3) is 0.690. The number of likely N-dealkylation sites (tertiary alicyclic amines) is 1. The average Bonchev–Trinajstić information content (AvgIpc) is 3.53. The van der Waals surface area contributed by atoms with Crippen molar-refractivity contribution in [2.75, 3.05) is 13.1 Å². The van der Waals surface area contributed by atoms with Crippen LogP contribution in [0, 0.1) is 17.8 Å². The van der Waals surface area contributed by atoms with Crippen molar-refractivity contribution in [2.45, 2.75) is 155 Å². The standard InChI is InChI=1S/C42H67N5O9/c1-28(2)24-31(44-39(53)56-40(3,4)5)21-20-30(25-29-16-11-10-12-17-29)36(49)46-23-15-19-34(46)45-35(48)33(37(50)51)18-13-14-22-43-38(52)55-32-26-41(6,7)47(54)42(8,9)27-32/h10-12,16-17,20-21,28,30-34,54H,13-15,18-19,22-27H2,1-9H3,(H,43,52)(H,44,53)(H,45,48)(H,50,51)/b21-20+/t30-,31-,33-,34+/m1/s1. The normalized spacial score (nSPS) is 20.3. The SMILES string of the molecule is CC(C)C[C@@H](/C=C/[C@H](Cc1ccccc1)C(=O)N1CCC[C@H]1NC(=O)[C@@H](CCCCNC(=O)OC1CC(C)(C)N(O)C(C)(C)C1)C(=O)O)NC(=O)OC(C)(C)C. The molecule has 0 aromatic heterocycles. The third-order valence-corrected chi connectivity index (χ3v) is 10.1. The number of amides is 4. The minimum absolute atomic E-state index is 0.0527. The van der Waals surface area contributed by atoms with E-state index in [1.807, 2.05) is 84.0 Å². The number of piperidine rings is 1. The number of alkyl carbamates (subject to hydrolysis) is 2. The van der Waals surface area contributed by atoms with Gasteiger partial charge < -0.3 is 40.6 Å². The Bertz CT molecular complexity index is 1490. The largest absolute Gasteiger partial charge is 0.481 e. The second kappa shape index (κ2) is 20.3. The summed E-state index contributed by atoms with van der Waals surface area (Å²) in [5.41, 5.74) is -0.854. The molecule has 1 aromatic carbocycles. The maximum atomic E-state index is 14.2. The Labute approximate surface area is 333 Å². The molecule has 3 rings (SSSR count). The number of ether oxygens (including phenoxy) is 2. The number of benzene rings is 1. The molecule has 14 nitrogen and oxygen atoms in total. The molecule has 0 unspecified atom stereocenters. The van der Waals surface area contributed by atoms with Crippen LogP contribution < -0.4 is 16.0 Å². The van der Waals surface area contributed by atoms with Crippen molar-refractivity contribution in [2.24, 2.45) is 17.8 Å². The monoisotopic (exact) mass is 785 g/mol. The maximum Gasteiger partial charge on any atom is 0.408 e. The van der Waals surface area contributed by atoms with E-state index in [2.05, 4.69) is 16.0 Å². The van der Waals surface area contributed by atoms with Crippen LogP contribution in [0.2, 0.25) is 0 Å². The number of rotatable bonds is 17. The molecule has 0 aliphatic carbocycles. The Morgan fingerprint density at radius 2 is 1.61 bits per heavy atom. The Hall–Kier alpha value is -4.17. The predicted octanol–water partition coefficient (Wildman–Crippen LogP) is 6.41. The van der Waals surface area contributed by atoms with Crippen molar-refractivity contribution in [1.82, 2.24) is 25.9 Å². The van der Waals surface area contributed by atoms with Crippen LogP contribution >= 0.6 is 0 Å². The molecule has 0 bridgehead atoms. The fourth-order valence-corrected chi connectivity index (χ4v) is 7.67. The lowest BCUT2D eigenvalue weighted by Crippen LogP contribution is -2.60. The molecule has 4 amide bonds. The summed E-state index contributed by atoms with van der Waals surface area (Å²) in [5.74, 6) is -3.82. The zero-order chi connectivity index (χ0) is 41.8. The third-order valence-electron chi connectivity index (χ3n) is 10.1. The first-order valence-electron chi connectivity index (χ1n) is 20.1. The van der Waals surface area contributed by atoms with Gasteiger partial charge in [-0.25, -0.2) is 9.59 Å². The lowest BCUT2D eigenvalue weighted by atomic mass is 9.80. The van der Waals surface area contributed by atoms with E-state index in [0.29, 0.717) is 57.9 Å². The number of hydrogen-bond acceptors (Lipinski definition) is 9. The van der Waals surface area contributed by atoms with Gasteiger partial charge in [0.05, 0.1) is 12.0 Å². The highest BCUT2D eigenvalue weighted by Crippen LogP contribution is 2.38. The number of hydroxylamine groups is 2. The quantitative estimate of drug-likeness (QED) is 0.0671. The number of carboxylic acid groups (broad SMARTS) is 1. The molecule has 2 aliphatic heterocycles. The molecule has 314 valence electrons. The van der Waals surface area contributed by atoms with Crippen LogP contribution in [0.3, 0.4) is 0 Å². The topological polar surface area (TPSA) is 187 Å². The van der Waals surface area contributed by atoms with Gasteiger partial charge in [-0.05, 0) is 98.5 Å². The van der Waals surface area contributed by atoms with Crippen molar-refractivity contribution in [3.05, 3.63) is 48.0 Å². The van der Waals surface area contributed by atoms with Crippen molar-refractivity contribution < 1.29 is 43.8 Å². The van der Waals surface area contributed by atoms with Crippen LogP contribution in [0.25, 0.3) is 0 Å². The number of nitrogens with zero attached hydrogens (tertiary/aromatic N) is 2. The van der Waals surface area contributed by atoms with Gasteiger partial charge in [0.2, 0.25) is 11.8 Å².